The molecule has 0 aromatic heterocycles. The second-order valence-electron chi connectivity index (χ2n) is 5.97. The molecule has 1 amide bonds. The molecular weight excluding hydrogens is 334 g/mol. The van der Waals surface area contributed by atoms with Gasteiger partial charge in [0.2, 0.25) is 11.7 Å². The second kappa shape index (κ2) is 8.99. The molecule has 2 aromatic carbocycles. The smallest absolute Gasteiger partial charge is 0.224 e. The molecule has 6 nitrogen and oxygen atoms in total. The van der Waals surface area contributed by atoms with Gasteiger partial charge >= 0.3 is 0 Å². The summed E-state index contributed by atoms with van der Waals surface area (Å²) in [6.45, 7) is 0. The Balaban J connectivity index is 2.06. The lowest BCUT2D eigenvalue weighted by Crippen LogP contribution is -2.21. The fourth-order valence-electron chi connectivity index (χ4n) is 2.96. The third-order valence-electron chi connectivity index (χ3n) is 4.34. The van der Waals surface area contributed by atoms with Crippen LogP contribution in [0.1, 0.15) is 29.9 Å². The number of hydrogen-bond acceptors (Lipinski definition) is 5. The lowest BCUT2D eigenvalue weighted by molar-refractivity contribution is -0.119. The van der Waals surface area contributed by atoms with Gasteiger partial charge in [-0.25, -0.2) is 0 Å². The number of ether oxygens (including phenoxy) is 3. The zero-order valence-corrected chi connectivity index (χ0v) is 15.3. The van der Waals surface area contributed by atoms with Crippen LogP contribution in [0.5, 0.6) is 23.0 Å². The van der Waals surface area contributed by atoms with E-state index in [1.807, 2.05) is 30.3 Å². The van der Waals surface area contributed by atoms with Crippen molar-refractivity contribution in [1.82, 2.24) is 0 Å². The molecule has 140 valence electrons. The van der Waals surface area contributed by atoms with E-state index in [1.165, 1.54) is 14.2 Å². The summed E-state index contributed by atoms with van der Waals surface area (Å²) in [4.78, 5) is 11.8. The van der Waals surface area contributed by atoms with Crippen molar-refractivity contribution in [2.45, 2.75) is 25.2 Å². The standard InChI is InChI=1S/C20H25NO5/c1-24-15-9-7-14(8-10-15)16(20(21)23)6-4-5-13-11-17(22)19(26-3)18(12-13)25-2/h7-12,16,22H,4-6H2,1-3H3,(H2,21,23). The SMILES string of the molecule is COc1ccc(C(CCCc2cc(O)c(OC)c(OC)c2)C(N)=O)cc1. The first-order valence-electron chi connectivity index (χ1n) is 8.37. The van der Waals surface area contributed by atoms with E-state index in [4.69, 9.17) is 19.9 Å². The summed E-state index contributed by atoms with van der Waals surface area (Å²) in [7, 11) is 4.59. The quantitative estimate of drug-likeness (QED) is 0.718. The topological polar surface area (TPSA) is 91.0 Å². The zero-order valence-electron chi connectivity index (χ0n) is 15.3. The van der Waals surface area contributed by atoms with Crippen LogP contribution in [0.25, 0.3) is 0 Å². The zero-order chi connectivity index (χ0) is 19.1. The first-order valence-corrected chi connectivity index (χ1v) is 8.37. The number of carbonyl (C=O) groups is 1. The number of carbonyl (C=O) groups excluding carboxylic acids is 1. The van der Waals surface area contributed by atoms with Crippen LogP contribution >= 0.6 is 0 Å². The van der Waals surface area contributed by atoms with Crippen molar-refractivity contribution in [3.63, 3.8) is 0 Å². The lowest BCUT2D eigenvalue weighted by atomic mass is 9.92. The first kappa shape index (κ1) is 19.4. The fourth-order valence-corrected chi connectivity index (χ4v) is 2.96. The molecule has 0 aliphatic heterocycles. The number of nitrogens with two attached hydrogens (primary N) is 1. The minimum absolute atomic E-state index is 0.0310. The largest absolute Gasteiger partial charge is 0.504 e. The van der Waals surface area contributed by atoms with Gasteiger partial charge in [-0.05, 0) is 54.7 Å². The summed E-state index contributed by atoms with van der Waals surface area (Å²) in [6, 6.07) is 10.8. The number of aryl methyl sites for hydroxylation is 1. The van der Waals surface area contributed by atoms with Gasteiger partial charge in [0.05, 0.1) is 27.2 Å². The highest BCUT2D eigenvalue weighted by Gasteiger charge is 2.18. The summed E-state index contributed by atoms with van der Waals surface area (Å²) in [6.07, 6.45) is 2.01. The van der Waals surface area contributed by atoms with Gasteiger partial charge in [-0.3, -0.25) is 4.79 Å². The van der Waals surface area contributed by atoms with E-state index in [1.54, 1.807) is 13.2 Å². The van der Waals surface area contributed by atoms with Gasteiger partial charge in [0.1, 0.15) is 5.75 Å². The number of hydrogen-bond donors (Lipinski definition) is 2. The molecule has 0 saturated carbocycles. The number of aromatic hydroxyl groups is 1. The molecule has 1 atom stereocenters. The van der Waals surface area contributed by atoms with Crippen molar-refractivity contribution < 1.29 is 24.1 Å². The summed E-state index contributed by atoms with van der Waals surface area (Å²) < 4.78 is 15.5. The highest BCUT2D eigenvalue weighted by atomic mass is 16.5. The molecule has 0 heterocycles. The lowest BCUT2D eigenvalue weighted by Gasteiger charge is -2.15. The van der Waals surface area contributed by atoms with Crippen molar-refractivity contribution >= 4 is 5.91 Å². The van der Waals surface area contributed by atoms with Crippen molar-refractivity contribution in [2.75, 3.05) is 21.3 Å². The predicted molar refractivity (Wildman–Crippen MR) is 99.1 cm³/mol. The maximum atomic E-state index is 11.8. The van der Waals surface area contributed by atoms with Crippen molar-refractivity contribution in [2.24, 2.45) is 5.73 Å². The van der Waals surface area contributed by atoms with Crippen molar-refractivity contribution in [1.29, 1.82) is 0 Å². The van der Waals surface area contributed by atoms with Crippen LogP contribution in [0.2, 0.25) is 0 Å². The van der Waals surface area contributed by atoms with Crippen LogP contribution in [0.3, 0.4) is 0 Å². The summed E-state index contributed by atoms with van der Waals surface area (Å²) in [5, 5.41) is 10.0. The van der Waals surface area contributed by atoms with Crippen LogP contribution in [0.15, 0.2) is 36.4 Å². The third-order valence-corrected chi connectivity index (χ3v) is 4.34. The number of amides is 1. The van der Waals surface area contributed by atoms with Gasteiger partial charge in [-0.1, -0.05) is 12.1 Å². The Morgan fingerprint density at radius 1 is 1.08 bits per heavy atom. The van der Waals surface area contributed by atoms with Crippen LogP contribution in [0, 0.1) is 0 Å². The van der Waals surface area contributed by atoms with Gasteiger partial charge in [0, 0.05) is 0 Å². The Hall–Kier alpha value is -2.89. The summed E-state index contributed by atoms with van der Waals surface area (Å²) in [5.74, 6) is 0.829. The average molecular weight is 359 g/mol. The fraction of sp³-hybridized carbons (Fsp3) is 0.350. The maximum Gasteiger partial charge on any atom is 0.224 e. The molecule has 2 aromatic rings. The van der Waals surface area contributed by atoms with Crippen LogP contribution in [-0.4, -0.2) is 32.3 Å². The highest BCUT2D eigenvalue weighted by Crippen LogP contribution is 2.38. The van der Waals surface area contributed by atoms with E-state index in [9.17, 15) is 9.90 Å². The number of phenols is 1. The second-order valence-corrected chi connectivity index (χ2v) is 5.97. The van der Waals surface area contributed by atoms with Gasteiger partial charge in [-0.2, -0.15) is 0 Å². The molecule has 3 N–H and O–H groups in total. The molecule has 2 rings (SSSR count). The number of primary amides is 1. The number of rotatable bonds is 9. The Morgan fingerprint density at radius 2 is 1.77 bits per heavy atom. The van der Waals surface area contributed by atoms with E-state index < -0.39 is 0 Å². The predicted octanol–water partition coefficient (Wildman–Crippen LogP) is 3.01. The van der Waals surface area contributed by atoms with E-state index >= 15 is 0 Å². The van der Waals surface area contributed by atoms with E-state index in [-0.39, 0.29) is 17.6 Å². The molecule has 0 radical (unpaired) electrons. The van der Waals surface area contributed by atoms with Crippen LogP contribution < -0.4 is 19.9 Å². The number of benzene rings is 2. The summed E-state index contributed by atoms with van der Waals surface area (Å²) >= 11 is 0. The Labute approximate surface area is 153 Å². The number of methoxy groups -OCH3 is 3. The van der Waals surface area contributed by atoms with Crippen LogP contribution in [0.4, 0.5) is 0 Å². The van der Waals surface area contributed by atoms with Gasteiger partial charge < -0.3 is 25.1 Å². The minimum atomic E-state index is -0.366. The molecule has 0 aliphatic rings. The minimum Gasteiger partial charge on any atom is -0.504 e. The molecule has 0 bridgehead atoms. The number of phenolic OH excluding ortho intramolecular Hbond substituents is 1. The highest BCUT2D eigenvalue weighted by molar-refractivity contribution is 5.81. The Morgan fingerprint density at radius 3 is 2.31 bits per heavy atom. The molecule has 0 fully saturated rings. The molecule has 0 spiro atoms. The third kappa shape index (κ3) is 4.59. The molecule has 26 heavy (non-hydrogen) atoms. The average Bonchev–Trinajstić information content (AvgIpc) is 2.64. The van der Waals surface area contributed by atoms with E-state index in [0.29, 0.717) is 24.3 Å². The molecule has 6 heteroatoms. The molecule has 0 aliphatic carbocycles. The summed E-state index contributed by atoms with van der Waals surface area (Å²) in [5.41, 5.74) is 7.35. The monoisotopic (exact) mass is 359 g/mol. The maximum absolute atomic E-state index is 11.8. The molecular formula is C20H25NO5. The Bertz CT molecular complexity index is 743. The molecule has 0 saturated heterocycles. The van der Waals surface area contributed by atoms with Gasteiger partial charge in [0.25, 0.3) is 0 Å². The molecule has 1 unspecified atom stereocenters. The van der Waals surface area contributed by atoms with E-state index in [2.05, 4.69) is 0 Å². The van der Waals surface area contributed by atoms with Crippen molar-refractivity contribution in [3.8, 4) is 23.0 Å². The first-order chi connectivity index (χ1) is 12.5. The van der Waals surface area contributed by atoms with Crippen molar-refractivity contribution in [3.05, 3.63) is 47.5 Å². The Kier molecular flexibility index (Phi) is 6.72. The van der Waals surface area contributed by atoms with Gasteiger partial charge in [0.15, 0.2) is 11.5 Å². The van der Waals surface area contributed by atoms with Crippen LogP contribution in [-0.2, 0) is 11.2 Å². The van der Waals surface area contributed by atoms with E-state index in [0.717, 1.165) is 23.3 Å². The normalized spacial score (nSPS) is 11.7. The van der Waals surface area contributed by atoms with Gasteiger partial charge in [-0.15, -0.1) is 0 Å².